The summed E-state index contributed by atoms with van der Waals surface area (Å²) in [5, 5.41) is 4.12. The summed E-state index contributed by atoms with van der Waals surface area (Å²) in [5.74, 6) is 0. The Morgan fingerprint density at radius 2 is 1.80 bits per heavy atom. The van der Waals surface area contributed by atoms with Crippen molar-refractivity contribution in [3.05, 3.63) is 70.6 Å². The first-order chi connectivity index (χ1) is 14.1. The SMILES string of the molecule is CC=C(N/N=C(\C)c1ncccc1C(F)(F)F)c1ccc(C)cc1C.CCCCC. The van der Waals surface area contributed by atoms with Crippen molar-refractivity contribution in [1.29, 1.82) is 0 Å². The maximum absolute atomic E-state index is 13.1. The summed E-state index contributed by atoms with van der Waals surface area (Å²) < 4.78 is 39.3. The molecule has 0 amide bonds. The lowest BCUT2D eigenvalue weighted by molar-refractivity contribution is -0.137. The molecule has 0 unspecified atom stereocenters. The van der Waals surface area contributed by atoms with Gasteiger partial charge in [0.05, 0.1) is 22.7 Å². The first kappa shape index (κ1) is 25.4. The molecular formula is C24H32F3N3. The zero-order valence-electron chi connectivity index (χ0n) is 18.7. The maximum Gasteiger partial charge on any atom is 0.418 e. The number of hydrogen-bond donors (Lipinski definition) is 1. The van der Waals surface area contributed by atoms with E-state index in [2.05, 4.69) is 29.4 Å². The zero-order valence-corrected chi connectivity index (χ0v) is 18.7. The van der Waals surface area contributed by atoms with E-state index < -0.39 is 11.7 Å². The lowest BCUT2D eigenvalue weighted by atomic mass is 10.0. The highest BCUT2D eigenvalue weighted by Crippen LogP contribution is 2.31. The lowest BCUT2D eigenvalue weighted by Crippen LogP contribution is -2.16. The van der Waals surface area contributed by atoms with Crippen molar-refractivity contribution in [2.24, 2.45) is 5.10 Å². The topological polar surface area (TPSA) is 37.3 Å². The van der Waals surface area contributed by atoms with Gasteiger partial charge in [-0.15, -0.1) is 0 Å². The van der Waals surface area contributed by atoms with E-state index in [1.54, 1.807) is 0 Å². The molecule has 0 bridgehead atoms. The van der Waals surface area contributed by atoms with Crippen LogP contribution >= 0.6 is 0 Å². The predicted molar refractivity (Wildman–Crippen MR) is 119 cm³/mol. The first-order valence-corrected chi connectivity index (χ1v) is 10.2. The Hall–Kier alpha value is -2.63. The monoisotopic (exact) mass is 419 g/mol. The summed E-state index contributed by atoms with van der Waals surface area (Å²) in [4.78, 5) is 3.84. The summed E-state index contributed by atoms with van der Waals surface area (Å²) >= 11 is 0. The first-order valence-electron chi connectivity index (χ1n) is 10.2. The molecule has 0 spiro atoms. The van der Waals surface area contributed by atoms with Crippen molar-refractivity contribution in [2.45, 2.75) is 67.0 Å². The van der Waals surface area contributed by atoms with E-state index in [0.29, 0.717) is 0 Å². The Labute approximate surface area is 178 Å². The van der Waals surface area contributed by atoms with Gasteiger partial charge in [0.15, 0.2) is 0 Å². The van der Waals surface area contributed by atoms with Crippen molar-refractivity contribution in [3.63, 3.8) is 0 Å². The minimum atomic E-state index is -4.47. The minimum Gasteiger partial charge on any atom is -0.278 e. The number of nitrogens with one attached hydrogen (secondary N) is 1. The molecule has 164 valence electrons. The molecule has 2 aromatic rings. The summed E-state index contributed by atoms with van der Waals surface area (Å²) in [6, 6.07) is 8.24. The Balaban J connectivity index is 0.000000804. The number of aryl methyl sites for hydroxylation is 2. The summed E-state index contributed by atoms with van der Waals surface area (Å²) in [6.07, 6.45) is 2.76. The van der Waals surface area contributed by atoms with Crippen molar-refractivity contribution in [1.82, 2.24) is 10.4 Å². The van der Waals surface area contributed by atoms with Crippen molar-refractivity contribution < 1.29 is 13.2 Å². The van der Waals surface area contributed by atoms with Crippen LogP contribution in [0.5, 0.6) is 0 Å². The smallest absolute Gasteiger partial charge is 0.278 e. The highest BCUT2D eigenvalue weighted by Gasteiger charge is 2.34. The number of alkyl halides is 3. The Kier molecular flexibility index (Phi) is 10.3. The number of rotatable bonds is 6. The third kappa shape index (κ3) is 7.65. The molecule has 0 aliphatic rings. The molecule has 1 N–H and O–H groups in total. The molecule has 0 radical (unpaired) electrons. The van der Waals surface area contributed by atoms with Crippen molar-refractivity contribution >= 4 is 11.4 Å². The van der Waals surface area contributed by atoms with E-state index in [0.717, 1.165) is 28.5 Å². The van der Waals surface area contributed by atoms with Gasteiger partial charge in [0.25, 0.3) is 0 Å². The van der Waals surface area contributed by atoms with Crippen LogP contribution in [0.25, 0.3) is 5.70 Å². The molecule has 1 aromatic carbocycles. The average Bonchev–Trinajstić information content (AvgIpc) is 2.70. The highest BCUT2D eigenvalue weighted by atomic mass is 19.4. The minimum absolute atomic E-state index is 0.164. The molecule has 0 saturated carbocycles. The molecule has 30 heavy (non-hydrogen) atoms. The molecular weight excluding hydrogens is 387 g/mol. The lowest BCUT2D eigenvalue weighted by Gasteiger charge is -2.13. The van der Waals surface area contributed by atoms with Crippen LogP contribution < -0.4 is 5.43 Å². The average molecular weight is 420 g/mol. The van der Waals surface area contributed by atoms with Gasteiger partial charge in [0, 0.05) is 11.8 Å². The van der Waals surface area contributed by atoms with E-state index in [1.807, 2.05) is 45.0 Å². The fourth-order valence-corrected chi connectivity index (χ4v) is 2.87. The summed E-state index contributed by atoms with van der Waals surface area (Å²) in [6.45, 7) is 11.7. The van der Waals surface area contributed by atoms with Gasteiger partial charge in [-0.25, -0.2) is 0 Å². The van der Waals surface area contributed by atoms with E-state index >= 15 is 0 Å². The number of allylic oxidation sites excluding steroid dienone is 1. The van der Waals surface area contributed by atoms with Gasteiger partial charge in [-0.2, -0.15) is 18.3 Å². The van der Waals surface area contributed by atoms with Crippen LogP contribution in [0, 0.1) is 13.8 Å². The van der Waals surface area contributed by atoms with E-state index in [-0.39, 0.29) is 11.4 Å². The van der Waals surface area contributed by atoms with Crippen LogP contribution in [0.4, 0.5) is 13.2 Å². The van der Waals surface area contributed by atoms with Crippen molar-refractivity contribution in [2.75, 3.05) is 0 Å². The van der Waals surface area contributed by atoms with Gasteiger partial charge < -0.3 is 0 Å². The number of hydrogen-bond acceptors (Lipinski definition) is 3. The van der Waals surface area contributed by atoms with Crippen LogP contribution in [0.15, 0.2) is 47.7 Å². The zero-order chi connectivity index (χ0) is 22.7. The Morgan fingerprint density at radius 1 is 1.13 bits per heavy atom. The van der Waals surface area contributed by atoms with Crippen LogP contribution in [0.3, 0.4) is 0 Å². The molecule has 1 heterocycles. The third-order valence-electron chi connectivity index (χ3n) is 4.47. The standard InChI is InChI=1S/C19H20F3N3.C5H12/c1-5-17(15-9-8-12(2)11-13(15)3)25-24-14(4)18-16(19(20,21)22)7-6-10-23-18;1-3-5-4-2/h5-11,25H,1-4H3;3-5H2,1-2H3/b17-5?,24-14+;. The Morgan fingerprint density at radius 3 is 2.30 bits per heavy atom. The normalized spacial score (nSPS) is 12.3. The second kappa shape index (κ2) is 12.2. The summed E-state index contributed by atoms with van der Waals surface area (Å²) in [7, 11) is 0. The highest BCUT2D eigenvalue weighted by molar-refractivity contribution is 5.98. The van der Waals surface area contributed by atoms with Gasteiger partial charge >= 0.3 is 6.18 Å². The summed E-state index contributed by atoms with van der Waals surface area (Å²) in [5.41, 5.74) is 5.91. The van der Waals surface area contributed by atoms with Gasteiger partial charge in [-0.3, -0.25) is 10.4 Å². The number of unbranched alkanes of at least 4 members (excludes halogenated alkanes) is 2. The molecule has 0 aliphatic carbocycles. The number of aromatic nitrogens is 1. The number of hydrazone groups is 1. The van der Waals surface area contributed by atoms with E-state index in [4.69, 9.17) is 0 Å². The fraction of sp³-hybridized carbons (Fsp3) is 0.417. The van der Waals surface area contributed by atoms with Gasteiger partial charge in [-0.05, 0) is 45.4 Å². The van der Waals surface area contributed by atoms with Crippen molar-refractivity contribution in [3.8, 4) is 0 Å². The van der Waals surface area contributed by atoms with Crippen LogP contribution in [0.2, 0.25) is 0 Å². The second-order valence-corrected chi connectivity index (χ2v) is 7.08. The maximum atomic E-state index is 13.1. The van der Waals surface area contributed by atoms with E-state index in [1.165, 1.54) is 38.4 Å². The second-order valence-electron chi connectivity index (χ2n) is 7.08. The molecule has 1 aromatic heterocycles. The van der Waals surface area contributed by atoms with Gasteiger partial charge in [-0.1, -0.05) is 62.9 Å². The van der Waals surface area contributed by atoms with Crippen LogP contribution in [-0.2, 0) is 6.18 Å². The number of benzene rings is 1. The molecule has 0 aliphatic heterocycles. The van der Waals surface area contributed by atoms with Crippen LogP contribution in [-0.4, -0.2) is 10.7 Å². The predicted octanol–water partition coefficient (Wildman–Crippen LogP) is 7.29. The van der Waals surface area contributed by atoms with Crippen LogP contribution in [0.1, 0.15) is 74.9 Å². The number of halogens is 3. The quantitative estimate of drug-likeness (QED) is 0.394. The molecule has 2 rings (SSSR count). The molecule has 0 atom stereocenters. The Bertz CT molecular complexity index is 866. The molecule has 6 heteroatoms. The molecule has 0 fully saturated rings. The van der Waals surface area contributed by atoms with Gasteiger partial charge in [0.2, 0.25) is 0 Å². The number of pyridine rings is 1. The third-order valence-corrected chi connectivity index (χ3v) is 4.47. The van der Waals surface area contributed by atoms with Gasteiger partial charge in [0.1, 0.15) is 0 Å². The number of nitrogens with zero attached hydrogens (tertiary/aromatic N) is 2. The molecule has 0 saturated heterocycles. The van der Waals surface area contributed by atoms with E-state index in [9.17, 15) is 13.2 Å². The fourth-order valence-electron chi connectivity index (χ4n) is 2.87. The largest absolute Gasteiger partial charge is 0.418 e. The molecule has 3 nitrogen and oxygen atoms in total.